The fourth-order valence-corrected chi connectivity index (χ4v) is 1.98. The number of aliphatic hydroxyl groups is 1. The van der Waals surface area contributed by atoms with E-state index < -0.39 is 0 Å². The van der Waals surface area contributed by atoms with E-state index in [9.17, 15) is 9.90 Å². The molecule has 0 aliphatic carbocycles. The molecule has 1 heterocycles. The molecule has 1 fully saturated rings. The SMILES string of the molecule is CC(O)CC1CCCN1C(=O)N(C)C. The number of hydrogen-bond acceptors (Lipinski definition) is 2. The van der Waals surface area contributed by atoms with Gasteiger partial charge in [-0.1, -0.05) is 0 Å². The minimum Gasteiger partial charge on any atom is -0.393 e. The molecule has 2 atom stereocenters. The Morgan fingerprint density at radius 1 is 1.64 bits per heavy atom. The van der Waals surface area contributed by atoms with Crippen LogP contribution in [-0.2, 0) is 0 Å². The first-order valence-corrected chi connectivity index (χ1v) is 5.18. The van der Waals surface area contributed by atoms with Crippen LogP contribution in [0.3, 0.4) is 0 Å². The van der Waals surface area contributed by atoms with Crippen LogP contribution in [0.2, 0.25) is 0 Å². The third-order valence-corrected chi connectivity index (χ3v) is 2.62. The van der Waals surface area contributed by atoms with Crippen LogP contribution in [-0.4, -0.2) is 53.7 Å². The molecule has 0 bridgehead atoms. The van der Waals surface area contributed by atoms with Crippen LogP contribution in [0.5, 0.6) is 0 Å². The van der Waals surface area contributed by atoms with Crippen molar-refractivity contribution in [3.63, 3.8) is 0 Å². The van der Waals surface area contributed by atoms with Crippen LogP contribution in [0, 0.1) is 0 Å². The van der Waals surface area contributed by atoms with Crippen LogP contribution in [0.1, 0.15) is 26.2 Å². The zero-order valence-electron chi connectivity index (χ0n) is 9.23. The number of carbonyl (C=O) groups excluding carboxylic acids is 1. The molecular weight excluding hydrogens is 180 g/mol. The first-order chi connectivity index (χ1) is 6.52. The highest BCUT2D eigenvalue weighted by molar-refractivity contribution is 5.74. The highest BCUT2D eigenvalue weighted by Gasteiger charge is 2.30. The van der Waals surface area contributed by atoms with Gasteiger partial charge in [0.25, 0.3) is 0 Å². The summed E-state index contributed by atoms with van der Waals surface area (Å²) >= 11 is 0. The van der Waals surface area contributed by atoms with Crippen molar-refractivity contribution in [1.29, 1.82) is 0 Å². The Morgan fingerprint density at radius 2 is 2.29 bits per heavy atom. The van der Waals surface area contributed by atoms with Crippen molar-refractivity contribution in [2.75, 3.05) is 20.6 Å². The number of hydrogen-bond donors (Lipinski definition) is 1. The smallest absolute Gasteiger partial charge is 0.319 e. The Bertz CT molecular complexity index is 204. The molecular formula is C10H20N2O2. The first-order valence-electron chi connectivity index (χ1n) is 5.18. The van der Waals surface area contributed by atoms with Gasteiger partial charge in [0.2, 0.25) is 0 Å². The van der Waals surface area contributed by atoms with Gasteiger partial charge in [-0.05, 0) is 26.2 Å². The van der Waals surface area contributed by atoms with Gasteiger partial charge >= 0.3 is 6.03 Å². The van der Waals surface area contributed by atoms with E-state index in [1.807, 2.05) is 4.90 Å². The van der Waals surface area contributed by atoms with Crippen LogP contribution in [0.25, 0.3) is 0 Å². The van der Waals surface area contributed by atoms with Crippen molar-refractivity contribution in [1.82, 2.24) is 9.80 Å². The molecule has 1 rings (SSSR count). The maximum absolute atomic E-state index is 11.7. The third kappa shape index (κ3) is 2.61. The van der Waals surface area contributed by atoms with E-state index in [-0.39, 0.29) is 18.2 Å². The number of aliphatic hydroxyl groups excluding tert-OH is 1. The fourth-order valence-electron chi connectivity index (χ4n) is 1.98. The predicted molar refractivity (Wildman–Crippen MR) is 55.1 cm³/mol. The first kappa shape index (κ1) is 11.3. The highest BCUT2D eigenvalue weighted by atomic mass is 16.3. The maximum atomic E-state index is 11.7. The molecule has 1 aliphatic rings. The van der Waals surface area contributed by atoms with E-state index in [2.05, 4.69) is 0 Å². The molecule has 0 aromatic carbocycles. The van der Waals surface area contributed by atoms with E-state index in [1.54, 1.807) is 25.9 Å². The standard InChI is InChI=1S/C10H20N2O2/c1-8(13)7-9-5-4-6-12(9)10(14)11(2)3/h8-9,13H,4-7H2,1-3H3. The van der Waals surface area contributed by atoms with E-state index in [0.717, 1.165) is 19.4 Å². The lowest BCUT2D eigenvalue weighted by molar-refractivity contribution is 0.127. The molecule has 1 aliphatic heterocycles. The Labute approximate surface area is 85.5 Å². The van der Waals surface area contributed by atoms with Gasteiger partial charge in [0, 0.05) is 26.7 Å². The number of urea groups is 1. The third-order valence-electron chi connectivity index (χ3n) is 2.62. The molecule has 14 heavy (non-hydrogen) atoms. The summed E-state index contributed by atoms with van der Waals surface area (Å²) in [5, 5.41) is 9.30. The lowest BCUT2D eigenvalue weighted by Gasteiger charge is -2.28. The fraction of sp³-hybridized carbons (Fsp3) is 0.900. The maximum Gasteiger partial charge on any atom is 0.319 e. The number of carbonyl (C=O) groups is 1. The Hall–Kier alpha value is -0.770. The van der Waals surface area contributed by atoms with Crippen molar-refractivity contribution in [2.24, 2.45) is 0 Å². The lowest BCUT2D eigenvalue weighted by Crippen LogP contribution is -2.43. The summed E-state index contributed by atoms with van der Waals surface area (Å²) in [6.07, 6.45) is 2.44. The molecule has 1 N–H and O–H groups in total. The molecule has 4 nitrogen and oxygen atoms in total. The second-order valence-electron chi connectivity index (χ2n) is 4.25. The van der Waals surface area contributed by atoms with E-state index in [0.29, 0.717) is 6.42 Å². The quantitative estimate of drug-likeness (QED) is 0.720. The van der Waals surface area contributed by atoms with Gasteiger partial charge < -0.3 is 14.9 Å². The van der Waals surface area contributed by atoms with Crippen LogP contribution in [0.4, 0.5) is 4.79 Å². The second-order valence-corrected chi connectivity index (χ2v) is 4.25. The van der Waals surface area contributed by atoms with Gasteiger partial charge in [-0.2, -0.15) is 0 Å². The van der Waals surface area contributed by atoms with Crippen molar-refractivity contribution >= 4 is 6.03 Å². The molecule has 0 spiro atoms. The van der Waals surface area contributed by atoms with Crippen LogP contribution < -0.4 is 0 Å². The van der Waals surface area contributed by atoms with Gasteiger partial charge in [-0.15, -0.1) is 0 Å². The molecule has 2 unspecified atom stereocenters. The van der Waals surface area contributed by atoms with E-state index in [4.69, 9.17) is 0 Å². The average molecular weight is 200 g/mol. The van der Waals surface area contributed by atoms with Gasteiger partial charge in [-0.3, -0.25) is 0 Å². The van der Waals surface area contributed by atoms with Gasteiger partial charge in [0.15, 0.2) is 0 Å². The highest BCUT2D eigenvalue weighted by Crippen LogP contribution is 2.22. The monoisotopic (exact) mass is 200 g/mol. The summed E-state index contributed by atoms with van der Waals surface area (Å²) in [6.45, 7) is 2.60. The summed E-state index contributed by atoms with van der Waals surface area (Å²) in [6, 6.07) is 0.290. The van der Waals surface area contributed by atoms with Gasteiger partial charge in [-0.25, -0.2) is 4.79 Å². The summed E-state index contributed by atoms with van der Waals surface area (Å²) in [5.74, 6) is 0. The Balaban J connectivity index is 2.55. The molecule has 2 amide bonds. The van der Waals surface area contributed by atoms with Crippen molar-refractivity contribution in [3.8, 4) is 0 Å². The lowest BCUT2D eigenvalue weighted by atomic mass is 10.1. The van der Waals surface area contributed by atoms with Gasteiger partial charge in [0.1, 0.15) is 0 Å². The topological polar surface area (TPSA) is 43.8 Å². The average Bonchev–Trinajstić information content (AvgIpc) is 2.49. The van der Waals surface area contributed by atoms with Gasteiger partial charge in [0.05, 0.1) is 6.10 Å². The normalized spacial score (nSPS) is 23.7. The van der Waals surface area contributed by atoms with Crippen LogP contribution in [0.15, 0.2) is 0 Å². The minimum absolute atomic E-state index is 0.0631. The Kier molecular flexibility index (Phi) is 3.75. The number of likely N-dealkylation sites (tertiary alicyclic amines) is 1. The van der Waals surface area contributed by atoms with E-state index in [1.165, 1.54) is 0 Å². The molecule has 4 heteroatoms. The Morgan fingerprint density at radius 3 is 2.79 bits per heavy atom. The number of rotatable bonds is 2. The second kappa shape index (κ2) is 4.64. The molecule has 0 saturated carbocycles. The zero-order valence-corrected chi connectivity index (χ0v) is 9.23. The molecule has 82 valence electrons. The largest absolute Gasteiger partial charge is 0.393 e. The van der Waals surface area contributed by atoms with E-state index >= 15 is 0 Å². The summed E-state index contributed by atoms with van der Waals surface area (Å²) in [4.78, 5) is 15.2. The zero-order chi connectivity index (χ0) is 10.7. The molecule has 1 saturated heterocycles. The van der Waals surface area contributed by atoms with Crippen LogP contribution >= 0.6 is 0 Å². The molecule has 0 radical (unpaired) electrons. The molecule has 0 aromatic heterocycles. The minimum atomic E-state index is -0.324. The molecule has 0 aromatic rings. The number of amides is 2. The van der Waals surface area contributed by atoms with Crippen molar-refractivity contribution in [2.45, 2.75) is 38.3 Å². The van der Waals surface area contributed by atoms with Crippen molar-refractivity contribution in [3.05, 3.63) is 0 Å². The van der Waals surface area contributed by atoms with Crippen molar-refractivity contribution < 1.29 is 9.90 Å². The summed E-state index contributed by atoms with van der Waals surface area (Å²) < 4.78 is 0. The predicted octanol–water partition coefficient (Wildman–Crippen LogP) is 0.903. The number of nitrogens with zero attached hydrogens (tertiary/aromatic N) is 2. The summed E-state index contributed by atoms with van der Waals surface area (Å²) in [5.41, 5.74) is 0. The summed E-state index contributed by atoms with van der Waals surface area (Å²) in [7, 11) is 3.53.